The summed E-state index contributed by atoms with van der Waals surface area (Å²) in [4.78, 5) is 29.2. The van der Waals surface area contributed by atoms with Crippen molar-refractivity contribution in [1.82, 2.24) is 5.32 Å². The van der Waals surface area contributed by atoms with Crippen molar-refractivity contribution in [3.63, 3.8) is 0 Å². The van der Waals surface area contributed by atoms with Crippen LogP contribution in [-0.4, -0.2) is 37.7 Å². The molecule has 2 amide bonds. The van der Waals surface area contributed by atoms with Crippen LogP contribution in [0.15, 0.2) is 41.4 Å². The van der Waals surface area contributed by atoms with Gasteiger partial charge in [-0.3, -0.25) is 14.6 Å². The summed E-state index contributed by atoms with van der Waals surface area (Å²) in [6.45, 7) is 0.674. The fraction of sp³-hybridized carbons (Fsp3) is 0.286. The van der Waals surface area contributed by atoms with Gasteiger partial charge in [0.05, 0.1) is 11.3 Å². The average molecular weight is 434 g/mol. The highest BCUT2D eigenvalue weighted by Gasteiger charge is 2.36. The zero-order valence-corrected chi connectivity index (χ0v) is 16.2. The number of nitrogens with one attached hydrogen (secondary N) is 2. The van der Waals surface area contributed by atoms with Gasteiger partial charge in [-0.25, -0.2) is 4.39 Å². The Morgan fingerprint density at radius 1 is 1.10 bits per heavy atom. The number of nitrogens with zero attached hydrogens (tertiary/aromatic N) is 2. The molecule has 4 rings (SSSR count). The molecular formula is C21H18F4N4O2. The summed E-state index contributed by atoms with van der Waals surface area (Å²) < 4.78 is 54.8. The maximum atomic E-state index is 13.7. The first-order valence-electron chi connectivity index (χ1n) is 9.60. The van der Waals surface area contributed by atoms with Gasteiger partial charge in [-0.05, 0) is 42.0 Å². The van der Waals surface area contributed by atoms with Gasteiger partial charge >= 0.3 is 6.18 Å². The Hall–Kier alpha value is -3.43. The Morgan fingerprint density at radius 3 is 2.68 bits per heavy atom. The van der Waals surface area contributed by atoms with Crippen molar-refractivity contribution in [3.05, 3.63) is 53.3 Å². The molecule has 0 aromatic heterocycles. The first-order chi connectivity index (χ1) is 14.7. The molecule has 2 aliphatic heterocycles. The minimum atomic E-state index is -4.63. The maximum absolute atomic E-state index is 13.7. The minimum Gasteiger partial charge on any atom is -0.369 e. The number of amides is 2. The largest absolute Gasteiger partial charge is 0.418 e. The van der Waals surface area contributed by atoms with Crippen LogP contribution in [0.1, 0.15) is 23.5 Å². The molecule has 1 fully saturated rings. The Kier molecular flexibility index (Phi) is 5.38. The van der Waals surface area contributed by atoms with E-state index in [0.29, 0.717) is 11.3 Å². The number of carbonyl (C=O) groups excluding carboxylic acids is 2. The van der Waals surface area contributed by atoms with E-state index in [4.69, 9.17) is 0 Å². The molecule has 0 saturated carbocycles. The van der Waals surface area contributed by atoms with Crippen LogP contribution in [0.5, 0.6) is 0 Å². The van der Waals surface area contributed by atoms with Crippen molar-refractivity contribution in [2.24, 2.45) is 4.99 Å². The SMILES string of the molecule is O=C1CCN(c2ccc(N=CC3C(=O)Nc4ccc(F)cc43)cc2C(F)(F)F)CCN1. The van der Waals surface area contributed by atoms with Gasteiger partial charge in [-0.2, -0.15) is 13.2 Å². The van der Waals surface area contributed by atoms with Crippen LogP contribution in [0.2, 0.25) is 0 Å². The second-order valence-corrected chi connectivity index (χ2v) is 7.26. The lowest BCUT2D eigenvalue weighted by Crippen LogP contribution is -2.30. The monoisotopic (exact) mass is 434 g/mol. The van der Waals surface area contributed by atoms with Gasteiger partial charge < -0.3 is 15.5 Å². The number of carbonyl (C=O) groups is 2. The highest BCUT2D eigenvalue weighted by atomic mass is 19.4. The zero-order chi connectivity index (χ0) is 22.2. The van der Waals surface area contributed by atoms with Crippen molar-refractivity contribution < 1.29 is 27.2 Å². The number of alkyl halides is 3. The predicted octanol–water partition coefficient (Wildman–Crippen LogP) is 3.61. The van der Waals surface area contributed by atoms with E-state index in [1.54, 1.807) is 0 Å². The summed E-state index contributed by atoms with van der Waals surface area (Å²) in [5, 5.41) is 5.22. The Balaban J connectivity index is 1.64. The van der Waals surface area contributed by atoms with E-state index < -0.39 is 29.4 Å². The maximum Gasteiger partial charge on any atom is 0.418 e. The number of rotatable bonds is 3. The van der Waals surface area contributed by atoms with Crippen molar-refractivity contribution in [3.8, 4) is 0 Å². The third-order valence-corrected chi connectivity index (χ3v) is 5.20. The lowest BCUT2D eigenvalue weighted by Gasteiger charge is -2.26. The third-order valence-electron chi connectivity index (χ3n) is 5.20. The average Bonchev–Trinajstić information content (AvgIpc) is 2.86. The van der Waals surface area contributed by atoms with Gasteiger partial charge in [-0.1, -0.05) is 0 Å². The van der Waals surface area contributed by atoms with Crippen LogP contribution < -0.4 is 15.5 Å². The highest BCUT2D eigenvalue weighted by Crippen LogP contribution is 2.39. The van der Waals surface area contributed by atoms with Crippen molar-refractivity contribution in [1.29, 1.82) is 0 Å². The van der Waals surface area contributed by atoms with Gasteiger partial charge in [0.15, 0.2) is 0 Å². The molecule has 0 spiro atoms. The lowest BCUT2D eigenvalue weighted by molar-refractivity contribution is -0.137. The molecule has 2 N–H and O–H groups in total. The molecule has 2 aromatic carbocycles. The molecule has 10 heteroatoms. The Bertz CT molecular complexity index is 1070. The van der Waals surface area contributed by atoms with E-state index in [0.717, 1.165) is 6.07 Å². The molecule has 1 atom stereocenters. The summed E-state index contributed by atoms with van der Waals surface area (Å²) in [5.74, 6) is -2.06. The van der Waals surface area contributed by atoms with Gasteiger partial charge in [-0.15, -0.1) is 0 Å². The fourth-order valence-corrected chi connectivity index (χ4v) is 3.68. The lowest BCUT2D eigenvalue weighted by atomic mass is 10.0. The van der Waals surface area contributed by atoms with Gasteiger partial charge in [0.2, 0.25) is 11.8 Å². The summed E-state index contributed by atoms with van der Waals surface area (Å²) in [6.07, 6.45) is -3.32. The molecule has 1 saturated heterocycles. The number of hydrogen-bond acceptors (Lipinski definition) is 4. The molecule has 2 aromatic rings. The summed E-state index contributed by atoms with van der Waals surface area (Å²) in [6, 6.07) is 7.47. The van der Waals surface area contributed by atoms with E-state index in [1.807, 2.05) is 0 Å². The number of hydrogen-bond donors (Lipinski definition) is 2. The molecule has 6 nitrogen and oxygen atoms in total. The normalized spacial score (nSPS) is 19.2. The second-order valence-electron chi connectivity index (χ2n) is 7.26. The second kappa shape index (κ2) is 8.01. The van der Waals surface area contributed by atoms with Gasteiger partial charge in [0.25, 0.3) is 0 Å². The molecule has 2 aliphatic rings. The summed E-state index contributed by atoms with van der Waals surface area (Å²) >= 11 is 0. The van der Waals surface area contributed by atoms with Crippen molar-refractivity contribution >= 4 is 35.1 Å². The molecular weight excluding hydrogens is 416 g/mol. The number of halogens is 4. The van der Waals surface area contributed by atoms with Crippen molar-refractivity contribution in [2.75, 3.05) is 29.9 Å². The first kappa shape index (κ1) is 20.8. The van der Waals surface area contributed by atoms with Crippen LogP contribution in [0.4, 0.5) is 34.6 Å². The van der Waals surface area contributed by atoms with Crippen LogP contribution >= 0.6 is 0 Å². The fourth-order valence-electron chi connectivity index (χ4n) is 3.68. The van der Waals surface area contributed by atoms with Crippen LogP contribution in [0.25, 0.3) is 0 Å². The highest BCUT2D eigenvalue weighted by molar-refractivity contribution is 6.12. The molecule has 0 aliphatic carbocycles. The smallest absolute Gasteiger partial charge is 0.369 e. The van der Waals surface area contributed by atoms with Crippen LogP contribution in [0, 0.1) is 5.82 Å². The van der Waals surface area contributed by atoms with Crippen LogP contribution in [0.3, 0.4) is 0 Å². The standard InChI is InChI=1S/C21H18F4N4O2/c22-12-1-3-17-14(9-12)15(20(31)28-17)11-27-13-2-4-18(16(10-13)21(23,24)25)29-7-5-19(30)26-6-8-29/h1-4,9-11,15H,5-8H2,(H,26,30)(H,28,31). The zero-order valence-electron chi connectivity index (χ0n) is 16.2. The Labute approximate surface area is 175 Å². The molecule has 1 unspecified atom stereocenters. The molecule has 2 heterocycles. The minimum absolute atomic E-state index is 0.0118. The van der Waals surface area contributed by atoms with Gasteiger partial charge in [0.1, 0.15) is 11.7 Å². The molecule has 0 radical (unpaired) electrons. The third kappa shape index (κ3) is 4.37. The molecule has 0 bridgehead atoms. The number of fused-ring (bicyclic) bond motifs is 1. The predicted molar refractivity (Wildman–Crippen MR) is 107 cm³/mol. The summed E-state index contributed by atoms with van der Waals surface area (Å²) in [7, 11) is 0. The first-order valence-corrected chi connectivity index (χ1v) is 9.60. The number of benzene rings is 2. The quantitative estimate of drug-likeness (QED) is 0.573. The number of anilines is 2. The van der Waals surface area contributed by atoms with E-state index in [-0.39, 0.29) is 43.3 Å². The Morgan fingerprint density at radius 2 is 1.90 bits per heavy atom. The molecule has 31 heavy (non-hydrogen) atoms. The van der Waals surface area contributed by atoms with Crippen molar-refractivity contribution in [2.45, 2.75) is 18.5 Å². The van der Waals surface area contributed by atoms with E-state index >= 15 is 0 Å². The van der Waals surface area contributed by atoms with E-state index in [9.17, 15) is 27.2 Å². The van der Waals surface area contributed by atoms with Gasteiger partial charge in [0, 0.05) is 43.6 Å². The summed E-state index contributed by atoms with van der Waals surface area (Å²) in [5.41, 5.74) is -0.0767. The van der Waals surface area contributed by atoms with E-state index in [1.165, 1.54) is 41.4 Å². The molecule has 162 valence electrons. The number of aliphatic imine (C=N–C) groups is 1. The topological polar surface area (TPSA) is 73.8 Å². The van der Waals surface area contributed by atoms with E-state index in [2.05, 4.69) is 15.6 Å². The van der Waals surface area contributed by atoms with Crippen LogP contribution in [-0.2, 0) is 15.8 Å².